The monoisotopic (exact) mass is 347 g/mol. The molecule has 1 aromatic heterocycles. The number of aromatic nitrogens is 2. The zero-order valence-corrected chi connectivity index (χ0v) is 14.2. The molecule has 7 heteroatoms. The number of likely N-dealkylation sites (tertiary alicyclic amines) is 1. The van der Waals surface area contributed by atoms with Crippen LogP contribution in [0.4, 0.5) is 5.82 Å². The maximum atomic E-state index is 12.5. The van der Waals surface area contributed by atoms with E-state index in [2.05, 4.69) is 15.5 Å². The normalized spacial score (nSPS) is 14.8. The number of nitrogens with two attached hydrogens (primary N) is 1. The van der Waals surface area contributed by atoms with E-state index in [1.165, 1.54) is 0 Å². The summed E-state index contributed by atoms with van der Waals surface area (Å²) in [6.45, 7) is 1.98. The lowest BCUT2D eigenvalue weighted by molar-refractivity contribution is 0.0718. The van der Waals surface area contributed by atoms with Crippen molar-refractivity contribution in [3.8, 4) is 0 Å². The maximum absolute atomic E-state index is 12.5. The average Bonchev–Trinajstić information content (AvgIpc) is 2.63. The first-order valence-electron chi connectivity index (χ1n) is 7.89. The Morgan fingerprint density at radius 3 is 2.50 bits per heavy atom. The van der Waals surface area contributed by atoms with Crippen molar-refractivity contribution >= 4 is 24.1 Å². The van der Waals surface area contributed by atoms with Crippen LogP contribution in [0.15, 0.2) is 42.6 Å². The number of piperidine rings is 1. The molecule has 1 saturated heterocycles. The van der Waals surface area contributed by atoms with Gasteiger partial charge in [-0.25, -0.2) is 0 Å². The van der Waals surface area contributed by atoms with Gasteiger partial charge in [0, 0.05) is 37.4 Å². The van der Waals surface area contributed by atoms with E-state index in [1.54, 1.807) is 6.20 Å². The fourth-order valence-electron chi connectivity index (χ4n) is 2.78. The molecule has 0 saturated carbocycles. The number of hydrogen-bond donors (Lipinski definition) is 2. The second-order valence-corrected chi connectivity index (χ2v) is 5.72. The summed E-state index contributed by atoms with van der Waals surface area (Å²) in [5.41, 5.74) is 7.35. The van der Waals surface area contributed by atoms with Gasteiger partial charge in [0.05, 0.1) is 0 Å². The summed E-state index contributed by atoms with van der Waals surface area (Å²) in [5.74, 6) is 0.876. The third-order valence-electron chi connectivity index (χ3n) is 4.14. The Bertz CT molecular complexity index is 642. The van der Waals surface area contributed by atoms with Gasteiger partial charge in [-0.05, 0) is 42.7 Å². The SMILES string of the molecule is Cl.NCc1ccc(C(=O)N2CCC(Nc3cccnn3)CC2)cc1. The van der Waals surface area contributed by atoms with Gasteiger partial charge >= 0.3 is 0 Å². The molecule has 128 valence electrons. The number of amides is 1. The van der Waals surface area contributed by atoms with Crippen molar-refractivity contribution in [1.82, 2.24) is 15.1 Å². The molecular formula is C17H22ClN5O. The summed E-state index contributed by atoms with van der Waals surface area (Å²) in [4.78, 5) is 14.4. The molecule has 0 unspecified atom stereocenters. The summed E-state index contributed by atoms with van der Waals surface area (Å²) >= 11 is 0. The summed E-state index contributed by atoms with van der Waals surface area (Å²) in [6, 6.07) is 11.6. The highest BCUT2D eigenvalue weighted by atomic mass is 35.5. The van der Waals surface area contributed by atoms with Crippen LogP contribution in [0.25, 0.3) is 0 Å². The minimum Gasteiger partial charge on any atom is -0.366 e. The van der Waals surface area contributed by atoms with E-state index in [0.29, 0.717) is 12.6 Å². The molecule has 0 radical (unpaired) electrons. The number of halogens is 1. The summed E-state index contributed by atoms with van der Waals surface area (Å²) < 4.78 is 0. The number of carbonyl (C=O) groups excluding carboxylic acids is 1. The van der Waals surface area contributed by atoms with Crippen LogP contribution >= 0.6 is 12.4 Å². The molecule has 6 nitrogen and oxygen atoms in total. The zero-order valence-electron chi connectivity index (χ0n) is 13.4. The molecular weight excluding hydrogens is 326 g/mol. The first kappa shape index (κ1) is 18.2. The minimum absolute atomic E-state index is 0. The van der Waals surface area contributed by atoms with E-state index < -0.39 is 0 Å². The first-order valence-corrected chi connectivity index (χ1v) is 7.89. The van der Waals surface area contributed by atoms with Crippen molar-refractivity contribution in [3.05, 3.63) is 53.7 Å². The topological polar surface area (TPSA) is 84.1 Å². The van der Waals surface area contributed by atoms with Gasteiger partial charge in [-0.3, -0.25) is 4.79 Å². The lowest BCUT2D eigenvalue weighted by atomic mass is 10.0. The van der Waals surface area contributed by atoms with E-state index in [9.17, 15) is 4.79 Å². The van der Waals surface area contributed by atoms with Gasteiger partial charge < -0.3 is 16.0 Å². The second-order valence-electron chi connectivity index (χ2n) is 5.72. The molecule has 2 aromatic rings. The number of hydrogen-bond acceptors (Lipinski definition) is 5. The lowest BCUT2D eigenvalue weighted by Gasteiger charge is -2.32. The highest BCUT2D eigenvalue weighted by Gasteiger charge is 2.23. The Morgan fingerprint density at radius 2 is 1.92 bits per heavy atom. The Kier molecular flexibility index (Phi) is 6.52. The smallest absolute Gasteiger partial charge is 0.253 e. The second kappa shape index (κ2) is 8.61. The van der Waals surface area contributed by atoms with Gasteiger partial charge in [-0.2, -0.15) is 5.10 Å². The van der Waals surface area contributed by atoms with Crippen LogP contribution in [0.2, 0.25) is 0 Å². The number of carbonyl (C=O) groups is 1. The Labute approximate surface area is 147 Å². The Morgan fingerprint density at radius 1 is 1.21 bits per heavy atom. The molecule has 0 atom stereocenters. The number of nitrogens with one attached hydrogen (secondary N) is 1. The fraction of sp³-hybridized carbons (Fsp3) is 0.353. The molecule has 1 aliphatic heterocycles. The molecule has 0 aliphatic carbocycles. The number of nitrogens with zero attached hydrogens (tertiary/aromatic N) is 3. The van der Waals surface area contributed by atoms with Crippen LogP contribution in [-0.2, 0) is 6.54 Å². The molecule has 0 bridgehead atoms. The minimum atomic E-state index is 0. The molecule has 3 rings (SSSR count). The Hall–Kier alpha value is -2.18. The quantitative estimate of drug-likeness (QED) is 0.884. The van der Waals surface area contributed by atoms with Crippen LogP contribution in [0.3, 0.4) is 0 Å². The lowest BCUT2D eigenvalue weighted by Crippen LogP contribution is -2.42. The first-order chi connectivity index (χ1) is 11.3. The van der Waals surface area contributed by atoms with Crippen LogP contribution in [0, 0.1) is 0 Å². The van der Waals surface area contributed by atoms with E-state index >= 15 is 0 Å². The molecule has 1 aliphatic rings. The van der Waals surface area contributed by atoms with Gasteiger partial charge in [0.15, 0.2) is 0 Å². The van der Waals surface area contributed by atoms with Crippen LogP contribution in [0.1, 0.15) is 28.8 Å². The van der Waals surface area contributed by atoms with Crippen molar-refractivity contribution < 1.29 is 4.79 Å². The number of anilines is 1. The van der Waals surface area contributed by atoms with Gasteiger partial charge in [0.25, 0.3) is 5.91 Å². The summed E-state index contributed by atoms with van der Waals surface area (Å²) in [6.07, 6.45) is 3.47. The molecule has 2 heterocycles. The van der Waals surface area contributed by atoms with Gasteiger partial charge in [0.1, 0.15) is 5.82 Å². The summed E-state index contributed by atoms with van der Waals surface area (Å²) in [5, 5.41) is 11.3. The Balaban J connectivity index is 0.00000208. The maximum Gasteiger partial charge on any atom is 0.253 e. The van der Waals surface area contributed by atoms with Crippen molar-refractivity contribution in [2.75, 3.05) is 18.4 Å². The molecule has 0 spiro atoms. The van der Waals surface area contributed by atoms with Crippen molar-refractivity contribution in [2.24, 2.45) is 5.73 Å². The predicted molar refractivity (Wildman–Crippen MR) is 96.2 cm³/mol. The predicted octanol–water partition coefficient (Wildman–Crippen LogP) is 2.07. The van der Waals surface area contributed by atoms with Gasteiger partial charge in [-0.1, -0.05) is 12.1 Å². The van der Waals surface area contributed by atoms with Crippen LogP contribution in [0.5, 0.6) is 0 Å². The molecule has 1 aromatic carbocycles. The van der Waals surface area contributed by atoms with Crippen molar-refractivity contribution in [3.63, 3.8) is 0 Å². The van der Waals surface area contributed by atoms with E-state index in [0.717, 1.165) is 42.9 Å². The van der Waals surface area contributed by atoms with Gasteiger partial charge in [-0.15, -0.1) is 17.5 Å². The van der Waals surface area contributed by atoms with E-state index in [1.807, 2.05) is 41.3 Å². The van der Waals surface area contributed by atoms with Crippen LogP contribution < -0.4 is 11.1 Å². The van der Waals surface area contributed by atoms with Crippen molar-refractivity contribution in [2.45, 2.75) is 25.4 Å². The highest BCUT2D eigenvalue weighted by molar-refractivity contribution is 5.94. The standard InChI is InChI=1S/C17H21N5O.ClH/c18-12-13-3-5-14(6-4-13)17(23)22-10-7-15(8-11-22)20-16-2-1-9-19-21-16;/h1-6,9,15H,7-8,10-12,18H2,(H,20,21);1H. The highest BCUT2D eigenvalue weighted by Crippen LogP contribution is 2.17. The summed E-state index contributed by atoms with van der Waals surface area (Å²) in [7, 11) is 0. The molecule has 3 N–H and O–H groups in total. The number of benzene rings is 1. The van der Waals surface area contributed by atoms with E-state index in [-0.39, 0.29) is 18.3 Å². The zero-order chi connectivity index (χ0) is 16.1. The molecule has 1 fully saturated rings. The average molecular weight is 348 g/mol. The molecule has 1 amide bonds. The third-order valence-corrected chi connectivity index (χ3v) is 4.14. The van der Waals surface area contributed by atoms with Crippen molar-refractivity contribution in [1.29, 1.82) is 0 Å². The van der Waals surface area contributed by atoms with E-state index in [4.69, 9.17) is 5.73 Å². The molecule has 24 heavy (non-hydrogen) atoms. The fourth-order valence-corrected chi connectivity index (χ4v) is 2.78. The largest absolute Gasteiger partial charge is 0.366 e. The number of rotatable bonds is 4. The van der Waals surface area contributed by atoms with Gasteiger partial charge in [0.2, 0.25) is 0 Å². The van der Waals surface area contributed by atoms with Crippen LogP contribution in [-0.4, -0.2) is 40.1 Å². The third kappa shape index (κ3) is 4.43.